The van der Waals surface area contributed by atoms with E-state index < -0.39 is 5.92 Å². The molecule has 0 saturated carbocycles. The van der Waals surface area contributed by atoms with Gasteiger partial charge in [0, 0.05) is 29.7 Å². The number of carbonyl (C=O) groups is 2. The monoisotopic (exact) mass is 809 g/mol. The third-order valence-corrected chi connectivity index (χ3v) is 13.1. The summed E-state index contributed by atoms with van der Waals surface area (Å²) in [7, 11) is 1.45. The molecule has 5 heterocycles. The number of aromatic nitrogens is 3. The molecule has 2 aliphatic heterocycles. The first-order chi connectivity index (χ1) is 27.8. The van der Waals surface area contributed by atoms with Gasteiger partial charge < -0.3 is 29.7 Å². The fraction of sp³-hybridized carbons (Fsp3) is 0.520. The summed E-state index contributed by atoms with van der Waals surface area (Å²) >= 11 is 0. The first-order valence-corrected chi connectivity index (χ1v) is 21.7. The number of allylic oxidation sites excluding steroid dienone is 3. The van der Waals surface area contributed by atoms with Crippen molar-refractivity contribution in [2.75, 3.05) is 13.7 Å². The van der Waals surface area contributed by atoms with E-state index in [4.69, 9.17) is 24.4 Å². The van der Waals surface area contributed by atoms with Crippen LogP contribution in [0.1, 0.15) is 149 Å². The third kappa shape index (κ3) is 9.99. The van der Waals surface area contributed by atoms with E-state index in [0.29, 0.717) is 12.8 Å². The van der Waals surface area contributed by atoms with Crippen LogP contribution in [0, 0.1) is 50.4 Å². The van der Waals surface area contributed by atoms with Gasteiger partial charge in [-0.25, -0.2) is 0 Å². The van der Waals surface area contributed by atoms with Crippen LogP contribution < -0.4 is 31.0 Å². The Morgan fingerprint density at radius 2 is 1.64 bits per heavy atom. The van der Waals surface area contributed by atoms with Crippen molar-refractivity contribution < 1.29 is 19.1 Å². The van der Waals surface area contributed by atoms with Gasteiger partial charge in [0.05, 0.1) is 13.0 Å². The molecule has 1 N–H and O–H groups in total. The van der Waals surface area contributed by atoms with Crippen LogP contribution in [0.25, 0.3) is 29.9 Å². The largest absolute Gasteiger partial charge is 2.00 e. The Balaban J connectivity index is 0.00000661. The number of methoxy groups -OCH3 is 1. The van der Waals surface area contributed by atoms with Crippen molar-refractivity contribution in [1.82, 2.24) is 20.3 Å². The van der Waals surface area contributed by atoms with Crippen LogP contribution in [0.3, 0.4) is 0 Å². The molecule has 1 fully saturated rings. The molecule has 0 radical (unpaired) electrons. The normalized spacial score (nSPS) is 22.1. The zero-order valence-electron chi connectivity index (χ0n) is 37.4. The maximum Gasteiger partial charge on any atom is 2.00 e. The van der Waals surface area contributed by atoms with Gasteiger partial charge in [0.1, 0.15) is 6.61 Å². The number of nitrogens with zero attached hydrogens (tertiary/aromatic N) is 3. The van der Waals surface area contributed by atoms with Crippen molar-refractivity contribution in [1.29, 1.82) is 0 Å². The van der Waals surface area contributed by atoms with E-state index in [1.807, 2.05) is 6.08 Å². The fourth-order valence-electron chi connectivity index (χ4n) is 9.33. The number of rotatable bonds is 16. The zero-order chi connectivity index (χ0) is 41.8. The Morgan fingerprint density at radius 1 is 0.932 bits per heavy atom. The van der Waals surface area contributed by atoms with E-state index in [9.17, 15) is 9.59 Å². The molecule has 1 aliphatic carbocycles. The SMILES string of the molecule is C=Cc1c2[n-]c(c1C)/C=C1\N/C(=C3\c4[n-]c(c(C)c4C[C@@H]3C(=O)OC)/C=c3\[n-]/c(c(C)c3CC)=C\2)[C@@H](CCC(=O)OC/C=C(\C)CCC[C@H](C)CCCC(C)C)[C@@H]1C.[Mg+2]. The summed E-state index contributed by atoms with van der Waals surface area (Å²) in [5, 5.41) is 5.58. The third-order valence-electron chi connectivity index (χ3n) is 13.1. The maximum absolute atomic E-state index is 13.6. The molecule has 0 amide bonds. The summed E-state index contributed by atoms with van der Waals surface area (Å²) in [5.41, 5.74) is 13.8. The van der Waals surface area contributed by atoms with E-state index in [-0.39, 0.29) is 59.9 Å². The second-order valence-corrected chi connectivity index (χ2v) is 17.5. The predicted octanol–water partition coefficient (Wildman–Crippen LogP) is 8.13. The van der Waals surface area contributed by atoms with E-state index in [1.165, 1.54) is 43.9 Å². The van der Waals surface area contributed by atoms with Crippen LogP contribution in [0.2, 0.25) is 0 Å². The fourth-order valence-corrected chi connectivity index (χ4v) is 9.33. The Morgan fingerprint density at radius 3 is 2.34 bits per heavy atom. The molecule has 4 atom stereocenters. The molecule has 8 nitrogen and oxygen atoms in total. The number of hydrogen-bond acceptors (Lipinski definition) is 5. The first kappa shape index (κ1) is 46.1. The molecule has 8 bridgehead atoms. The van der Waals surface area contributed by atoms with Crippen molar-refractivity contribution in [3.63, 3.8) is 0 Å². The standard InChI is InChI=1S/C50H65N4O4.Mg/c1-12-35-31(7)40-25-42-33(9)37(20-21-46(55)58-23-22-30(6)19-15-18-29(5)17-14-16-28(3)4)48(53-42)47-39(50(56)57-11)24-38-34(10)43(54-49(38)47)27-45-36(13-2)32(8)41(52-45)26-44(35)51-40;/h12,22,25-29,33,37,39,53H,1,13-21,23-24H2,2-11H3;/q-3;+2/b30-22+,41-26-,42-25-,45-27-,48-47-;/t29-,33+,37+,39+;/m1./s1. The van der Waals surface area contributed by atoms with Crippen LogP contribution >= 0.6 is 0 Å². The van der Waals surface area contributed by atoms with Gasteiger partial charge in [0.15, 0.2) is 0 Å². The molecule has 0 spiro atoms. The van der Waals surface area contributed by atoms with Gasteiger partial charge in [-0.1, -0.05) is 125 Å². The van der Waals surface area contributed by atoms with Crippen LogP contribution in [-0.4, -0.2) is 48.7 Å². The van der Waals surface area contributed by atoms with Gasteiger partial charge in [-0.05, 0) is 88.8 Å². The minimum atomic E-state index is -0.516. The Labute approximate surface area is 368 Å². The summed E-state index contributed by atoms with van der Waals surface area (Å²) in [6, 6.07) is 0. The number of ether oxygens (including phenoxy) is 2. The Bertz CT molecular complexity index is 2260. The van der Waals surface area contributed by atoms with Crippen LogP contribution in [0.15, 0.2) is 29.6 Å². The summed E-state index contributed by atoms with van der Waals surface area (Å²) in [5.74, 6) is 0.383. The quantitative estimate of drug-likeness (QED) is 0.0879. The summed E-state index contributed by atoms with van der Waals surface area (Å²) in [4.78, 5) is 42.4. The molecule has 0 unspecified atom stereocenters. The molecule has 312 valence electrons. The van der Waals surface area contributed by atoms with Gasteiger partial charge in [-0.2, -0.15) is 0 Å². The van der Waals surface area contributed by atoms with Gasteiger partial charge in [0.2, 0.25) is 0 Å². The molecular formula is C50H65MgN4O4-. The summed E-state index contributed by atoms with van der Waals surface area (Å²) < 4.78 is 11.2. The molecule has 9 heteroatoms. The van der Waals surface area contributed by atoms with Crippen LogP contribution in [0.5, 0.6) is 0 Å². The maximum atomic E-state index is 13.6. The first-order valence-electron chi connectivity index (χ1n) is 21.7. The number of fused-ring (bicyclic) bond motifs is 7. The Kier molecular flexibility index (Phi) is 15.7. The minimum absolute atomic E-state index is 0. The molecule has 3 aromatic rings. The molecule has 3 aliphatic rings. The smallest absolute Gasteiger partial charge is 0.657 e. The van der Waals surface area contributed by atoms with E-state index in [2.05, 4.69) is 98.5 Å². The van der Waals surface area contributed by atoms with Gasteiger partial charge in [-0.15, -0.1) is 33.5 Å². The van der Waals surface area contributed by atoms with E-state index in [1.54, 1.807) is 0 Å². The van der Waals surface area contributed by atoms with Crippen LogP contribution in [0.4, 0.5) is 0 Å². The average molecular weight is 810 g/mol. The zero-order valence-corrected chi connectivity index (χ0v) is 38.9. The molecular weight excluding hydrogens is 745 g/mol. The molecule has 59 heavy (non-hydrogen) atoms. The van der Waals surface area contributed by atoms with Crippen molar-refractivity contribution in [3.8, 4) is 0 Å². The van der Waals surface area contributed by atoms with Crippen molar-refractivity contribution in [3.05, 3.63) is 96.5 Å². The van der Waals surface area contributed by atoms with Crippen molar-refractivity contribution >= 4 is 64.9 Å². The molecule has 6 rings (SSSR count). The molecule has 3 aromatic heterocycles. The second kappa shape index (κ2) is 20.1. The van der Waals surface area contributed by atoms with E-state index >= 15 is 0 Å². The predicted molar refractivity (Wildman–Crippen MR) is 241 cm³/mol. The average Bonchev–Trinajstić information content (AvgIpc) is 3.94. The number of nitrogens with one attached hydrogen (secondary N) is 1. The van der Waals surface area contributed by atoms with Crippen molar-refractivity contribution in [2.45, 2.75) is 127 Å². The van der Waals surface area contributed by atoms with Gasteiger partial charge >= 0.3 is 35.0 Å². The second-order valence-electron chi connectivity index (χ2n) is 17.5. The summed E-state index contributed by atoms with van der Waals surface area (Å²) in [6.45, 7) is 24.1. The van der Waals surface area contributed by atoms with Crippen LogP contribution in [-0.2, 0) is 31.9 Å². The minimum Gasteiger partial charge on any atom is -0.657 e. The topological polar surface area (TPSA) is 107 Å². The number of esters is 2. The number of hydrogen-bond donors (Lipinski definition) is 1. The molecule has 1 saturated heterocycles. The van der Waals surface area contributed by atoms with E-state index in [0.717, 1.165) is 109 Å². The van der Waals surface area contributed by atoms with Crippen molar-refractivity contribution in [2.24, 2.45) is 29.6 Å². The Hall–Kier alpha value is -3.95. The number of carbonyl (C=O) groups excluding carboxylic acids is 2. The van der Waals surface area contributed by atoms with Gasteiger partial charge in [0.25, 0.3) is 0 Å². The molecule has 0 aromatic carbocycles. The van der Waals surface area contributed by atoms with Gasteiger partial charge in [-0.3, -0.25) is 9.59 Å². The summed E-state index contributed by atoms with van der Waals surface area (Å²) in [6.07, 6.45) is 19.7.